The van der Waals surface area contributed by atoms with Gasteiger partial charge in [-0.15, -0.1) is 0 Å². The van der Waals surface area contributed by atoms with Crippen molar-refractivity contribution in [3.63, 3.8) is 0 Å². The maximum Gasteiger partial charge on any atom is 0.261 e. The monoisotopic (exact) mass is 418 g/mol. The van der Waals surface area contributed by atoms with Gasteiger partial charge in [0.2, 0.25) is 5.91 Å². The third kappa shape index (κ3) is 4.21. The Kier molecular flexibility index (Phi) is 5.84. The highest BCUT2D eigenvalue weighted by molar-refractivity contribution is 6.01. The second-order valence-corrected chi connectivity index (χ2v) is 8.09. The summed E-state index contributed by atoms with van der Waals surface area (Å²) in [4.78, 5) is 44.4. The normalized spacial score (nSPS) is 13.3. The lowest BCUT2D eigenvalue weighted by molar-refractivity contribution is -0.118. The van der Waals surface area contributed by atoms with Gasteiger partial charge in [0.15, 0.2) is 0 Å². The quantitative estimate of drug-likeness (QED) is 0.691. The molecule has 2 heterocycles. The Morgan fingerprint density at radius 2 is 1.94 bits per heavy atom. The summed E-state index contributed by atoms with van der Waals surface area (Å²) in [5.74, 6) is -0.183. The molecule has 0 bridgehead atoms. The summed E-state index contributed by atoms with van der Waals surface area (Å²) in [6.45, 7) is 4.71. The maximum absolute atomic E-state index is 13.1. The molecule has 1 N–H and O–H groups in total. The summed E-state index contributed by atoms with van der Waals surface area (Å²) in [6, 6.07) is 12.7. The molecule has 0 saturated heterocycles. The fraction of sp³-hybridized carbons (Fsp3) is 0.333. The molecule has 0 fully saturated rings. The van der Waals surface area contributed by atoms with E-state index >= 15 is 0 Å². The molecule has 0 unspecified atom stereocenters. The SMILES string of the molecule is CC(C)NC(=O)c1cccc2c1CCCN2C(=O)CCn1cnc2ccccc2c1=O. The van der Waals surface area contributed by atoms with Gasteiger partial charge in [-0.2, -0.15) is 0 Å². The molecule has 7 heteroatoms. The van der Waals surface area contributed by atoms with Crippen molar-refractivity contribution in [2.24, 2.45) is 0 Å². The highest BCUT2D eigenvalue weighted by Gasteiger charge is 2.26. The first-order chi connectivity index (χ1) is 15.0. The minimum atomic E-state index is -0.148. The van der Waals surface area contributed by atoms with Gasteiger partial charge in [0.05, 0.1) is 17.2 Å². The zero-order chi connectivity index (χ0) is 22.0. The minimum absolute atomic E-state index is 0.0403. The van der Waals surface area contributed by atoms with Gasteiger partial charge in [0.1, 0.15) is 0 Å². The van der Waals surface area contributed by atoms with E-state index in [2.05, 4.69) is 10.3 Å². The zero-order valence-electron chi connectivity index (χ0n) is 17.8. The molecule has 2 aromatic carbocycles. The van der Waals surface area contributed by atoms with Gasteiger partial charge in [-0.25, -0.2) is 4.98 Å². The maximum atomic E-state index is 13.1. The summed E-state index contributed by atoms with van der Waals surface area (Å²) in [5.41, 5.74) is 2.82. The molecule has 7 nitrogen and oxygen atoms in total. The number of carbonyl (C=O) groups is 2. The van der Waals surface area contributed by atoms with Crippen LogP contribution in [-0.4, -0.2) is 34.0 Å². The van der Waals surface area contributed by atoms with E-state index in [4.69, 9.17) is 0 Å². The predicted octanol–water partition coefficient (Wildman–Crippen LogP) is 2.90. The van der Waals surface area contributed by atoms with Crippen molar-refractivity contribution in [2.75, 3.05) is 11.4 Å². The third-order valence-electron chi connectivity index (χ3n) is 5.51. The molecule has 0 saturated carbocycles. The fourth-order valence-corrected chi connectivity index (χ4v) is 4.05. The van der Waals surface area contributed by atoms with Crippen LogP contribution in [0.25, 0.3) is 10.9 Å². The Morgan fingerprint density at radius 3 is 2.74 bits per heavy atom. The number of amides is 2. The Bertz CT molecular complexity index is 1200. The molecular weight excluding hydrogens is 392 g/mol. The molecule has 3 aromatic rings. The van der Waals surface area contributed by atoms with Gasteiger partial charge in [-0.3, -0.25) is 19.0 Å². The fourth-order valence-electron chi connectivity index (χ4n) is 4.05. The lowest BCUT2D eigenvalue weighted by Gasteiger charge is -2.31. The largest absolute Gasteiger partial charge is 0.350 e. The van der Waals surface area contributed by atoms with Crippen LogP contribution in [0.5, 0.6) is 0 Å². The first-order valence-electron chi connectivity index (χ1n) is 10.6. The van der Waals surface area contributed by atoms with Gasteiger partial charge in [-0.05, 0) is 56.5 Å². The van der Waals surface area contributed by atoms with Crippen LogP contribution in [0.1, 0.15) is 42.6 Å². The molecule has 0 aliphatic carbocycles. The third-order valence-corrected chi connectivity index (χ3v) is 5.51. The minimum Gasteiger partial charge on any atom is -0.350 e. The molecular formula is C24H26N4O3. The van der Waals surface area contributed by atoms with E-state index < -0.39 is 0 Å². The topological polar surface area (TPSA) is 84.3 Å². The number of benzene rings is 2. The molecule has 31 heavy (non-hydrogen) atoms. The molecule has 1 aliphatic heterocycles. The first-order valence-corrected chi connectivity index (χ1v) is 10.6. The number of para-hydroxylation sites is 1. The van der Waals surface area contributed by atoms with Gasteiger partial charge in [0, 0.05) is 36.8 Å². The lowest BCUT2D eigenvalue weighted by Crippen LogP contribution is -2.38. The van der Waals surface area contributed by atoms with Crippen LogP contribution in [0.15, 0.2) is 53.6 Å². The van der Waals surface area contributed by atoms with Crippen LogP contribution >= 0.6 is 0 Å². The van der Waals surface area contributed by atoms with E-state index in [-0.39, 0.29) is 36.4 Å². The number of anilines is 1. The number of hydrogen-bond acceptors (Lipinski definition) is 4. The van der Waals surface area contributed by atoms with Gasteiger partial charge in [-0.1, -0.05) is 18.2 Å². The summed E-state index contributed by atoms with van der Waals surface area (Å²) < 4.78 is 1.48. The average molecular weight is 418 g/mol. The number of nitrogens with zero attached hydrogens (tertiary/aromatic N) is 3. The number of aryl methyl sites for hydroxylation is 1. The van der Waals surface area contributed by atoms with Crippen molar-refractivity contribution in [3.8, 4) is 0 Å². The lowest BCUT2D eigenvalue weighted by atomic mass is 9.95. The van der Waals surface area contributed by atoms with Gasteiger partial charge >= 0.3 is 0 Å². The Balaban J connectivity index is 1.54. The van der Waals surface area contributed by atoms with Crippen LogP contribution in [0, 0.1) is 0 Å². The van der Waals surface area contributed by atoms with Crippen molar-refractivity contribution in [2.45, 2.75) is 45.7 Å². The number of carbonyl (C=O) groups excluding carboxylic acids is 2. The van der Waals surface area contributed by atoms with E-state index in [1.165, 1.54) is 10.9 Å². The van der Waals surface area contributed by atoms with E-state index in [0.29, 0.717) is 23.0 Å². The standard InChI is InChI=1S/C24H26N4O3/c1-16(2)26-23(30)18-8-5-11-21-17(18)9-6-13-28(21)22(29)12-14-27-15-25-20-10-4-3-7-19(20)24(27)31/h3-5,7-8,10-11,15-16H,6,9,12-14H2,1-2H3,(H,26,30). The molecule has 2 amide bonds. The Labute approximate surface area is 180 Å². The first kappa shape index (κ1) is 20.8. The van der Waals surface area contributed by atoms with Crippen LogP contribution in [0.2, 0.25) is 0 Å². The van der Waals surface area contributed by atoms with Crippen molar-refractivity contribution in [1.29, 1.82) is 0 Å². The number of aromatic nitrogens is 2. The van der Waals surface area contributed by atoms with E-state index in [1.54, 1.807) is 23.1 Å². The molecule has 1 aromatic heterocycles. The molecule has 0 radical (unpaired) electrons. The molecule has 0 atom stereocenters. The average Bonchev–Trinajstić information content (AvgIpc) is 2.77. The smallest absolute Gasteiger partial charge is 0.261 e. The van der Waals surface area contributed by atoms with E-state index in [1.807, 2.05) is 38.1 Å². The zero-order valence-corrected chi connectivity index (χ0v) is 17.8. The van der Waals surface area contributed by atoms with Crippen molar-refractivity contribution >= 4 is 28.4 Å². The van der Waals surface area contributed by atoms with Crippen molar-refractivity contribution in [1.82, 2.24) is 14.9 Å². The summed E-state index contributed by atoms with van der Waals surface area (Å²) in [6.07, 6.45) is 3.23. The molecule has 0 spiro atoms. The van der Waals surface area contributed by atoms with Gasteiger partial charge < -0.3 is 10.2 Å². The Morgan fingerprint density at radius 1 is 1.13 bits per heavy atom. The van der Waals surface area contributed by atoms with Crippen molar-refractivity contribution < 1.29 is 9.59 Å². The number of fused-ring (bicyclic) bond motifs is 2. The van der Waals surface area contributed by atoms with Gasteiger partial charge in [0.25, 0.3) is 11.5 Å². The van der Waals surface area contributed by atoms with E-state index in [0.717, 1.165) is 24.1 Å². The molecule has 160 valence electrons. The highest BCUT2D eigenvalue weighted by atomic mass is 16.2. The van der Waals surface area contributed by atoms with Crippen LogP contribution in [-0.2, 0) is 17.8 Å². The van der Waals surface area contributed by atoms with E-state index in [9.17, 15) is 14.4 Å². The molecule has 4 rings (SSSR count). The van der Waals surface area contributed by atoms with Crippen LogP contribution in [0.4, 0.5) is 5.69 Å². The summed E-state index contributed by atoms with van der Waals surface area (Å²) in [5, 5.41) is 3.48. The summed E-state index contributed by atoms with van der Waals surface area (Å²) in [7, 11) is 0. The van der Waals surface area contributed by atoms with Crippen molar-refractivity contribution in [3.05, 3.63) is 70.3 Å². The van der Waals surface area contributed by atoms with Crippen LogP contribution in [0.3, 0.4) is 0 Å². The number of nitrogens with one attached hydrogen (secondary N) is 1. The number of rotatable bonds is 5. The highest BCUT2D eigenvalue weighted by Crippen LogP contribution is 2.30. The molecule has 1 aliphatic rings. The Hall–Kier alpha value is -3.48. The second kappa shape index (κ2) is 8.71. The second-order valence-electron chi connectivity index (χ2n) is 8.09. The number of hydrogen-bond donors (Lipinski definition) is 1. The van der Waals surface area contributed by atoms with Crippen LogP contribution < -0.4 is 15.8 Å². The predicted molar refractivity (Wildman–Crippen MR) is 120 cm³/mol. The summed E-state index contributed by atoms with van der Waals surface area (Å²) >= 11 is 0.